The highest BCUT2D eigenvalue weighted by Gasteiger charge is 2.57. The molecule has 0 spiro atoms. The van der Waals surface area contributed by atoms with E-state index in [1.54, 1.807) is 13.0 Å². The smallest absolute Gasteiger partial charge is 0.308 e. The van der Waals surface area contributed by atoms with Gasteiger partial charge in [-0.1, -0.05) is 36.4 Å². The van der Waals surface area contributed by atoms with E-state index in [0.29, 0.717) is 52.5 Å². The second-order valence-corrected chi connectivity index (χ2v) is 14.1. The fourth-order valence-electron chi connectivity index (χ4n) is 8.72. The van der Waals surface area contributed by atoms with Crippen molar-refractivity contribution in [3.63, 3.8) is 0 Å². The minimum atomic E-state index is -0.889. The van der Waals surface area contributed by atoms with Gasteiger partial charge in [-0.3, -0.25) is 24.2 Å². The van der Waals surface area contributed by atoms with Crippen LogP contribution in [0.5, 0.6) is 28.7 Å². The molecule has 0 radical (unpaired) electrons. The number of nitriles is 1. The molecular formula is C40H43N5O8. The number of fused-ring (bicyclic) bond motifs is 9. The first kappa shape index (κ1) is 35.8. The highest BCUT2D eigenvalue weighted by Crippen LogP contribution is 2.58. The van der Waals surface area contributed by atoms with Crippen LogP contribution in [-0.4, -0.2) is 84.4 Å². The van der Waals surface area contributed by atoms with E-state index in [-0.39, 0.29) is 25.1 Å². The summed E-state index contributed by atoms with van der Waals surface area (Å²) >= 11 is 0. The summed E-state index contributed by atoms with van der Waals surface area (Å²) in [4.78, 5) is 43.3. The number of nitrogens with one attached hydrogen (secondary N) is 2. The lowest BCUT2D eigenvalue weighted by molar-refractivity contribution is -0.132. The summed E-state index contributed by atoms with van der Waals surface area (Å²) in [6.07, 6.45) is 3.88. The van der Waals surface area contributed by atoms with Gasteiger partial charge in [0.15, 0.2) is 23.0 Å². The largest absolute Gasteiger partial charge is 0.504 e. The Morgan fingerprint density at radius 3 is 2.53 bits per heavy atom. The van der Waals surface area contributed by atoms with Crippen molar-refractivity contribution in [1.29, 1.82) is 5.26 Å². The van der Waals surface area contributed by atoms with E-state index in [4.69, 9.17) is 18.9 Å². The van der Waals surface area contributed by atoms with Gasteiger partial charge in [0, 0.05) is 53.9 Å². The van der Waals surface area contributed by atoms with Crippen LogP contribution in [0.25, 0.3) is 6.08 Å². The molecule has 3 N–H and O–H groups in total. The van der Waals surface area contributed by atoms with Gasteiger partial charge < -0.3 is 34.7 Å². The maximum Gasteiger partial charge on any atom is 0.308 e. The Kier molecular flexibility index (Phi) is 9.52. The number of amides is 2. The van der Waals surface area contributed by atoms with E-state index in [2.05, 4.69) is 26.5 Å². The minimum Gasteiger partial charge on any atom is -0.504 e. The lowest BCUT2D eigenvalue weighted by Gasteiger charge is -2.60. The lowest BCUT2D eigenvalue weighted by atomic mass is 9.71. The van der Waals surface area contributed by atoms with Gasteiger partial charge in [-0.15, -0.1) is 0 Å². The molecule has 2 bridgehead atoms. The highest BCUT2D eigenvalue weighted by atomic mass is 16.7. The summed E-state index contributed by atoms with van der Waals surface area (Å²) in [6.45, 7) is 6.61. The van der Waals surface area contributed by atoms with Crippen LogP contribution in [0.15, 0.2) is 42.5 Å². The van der Waals surface area contributed by atoms with E-state index >= 15 is 0 Å². The summed E-state index contributed by atoms with van der Waals surface area (Å²) < 4.78 is 23.6. The van der Waals surface area contributed by atoms with Crippen molar-refractivity contribution in [2.75, 3.05) is 27.5 Å². The minimum absolute atomic E-state index is 0.0260. The van der Waals surface area contributed by atoms with Gasteiger partial charge in [0.05, 0.1) is 25.3 Å². The Labute approximate surface area is 308 Å². The molecule has 0 aliphatic carbocycles. The number of esters is 1. The molecule has 276 valence electrons. The number of phenolic OH excluding ortho intramolecular Hbond substituents is 1. The molecule has 1 saturated heterocycles. The molecule has 4 heterocycles. The van der Waals surface area contributed by atoms with Crippen molar-refractivity contribution in [3.8, 4) is 34.8 Å². The Morgan fingerprint density at radius 1 is 1.09 bits per heavy atom. The van der Waals surface area contributed by atoms with Gasteiger partial charge in [-0.2, -0.15) is 5.26 Å². The summed E-state index contributed by atoms with van der Waals surface area (Å²) in [6, 6.07) is 10.7. The van der Waals surface area contributed by atoms with Crippen molar-refractivity contribution in [1.82, 2.24) is 20.4 Å². The monoisotopic (exact) mass is 721 g/mol. The van der Waals surface area contributed by atoms with Crippen LogP contribution in [0.3, 0.4) is 0 Å². The normalized spacial score (nSPS) is 23.2. The van der Waals surface area contributed by atoms with E-state index in [1.165, 1.54) is 20.1 Å². The maximum atomic E-state index is 13.7. The summed E-state index contributed by atoms with van der Waals surface area (Å²) in [5.74, 6) is 0.331. The molecule has 2 amide bonds. The third-order valence-electron chi connectivity index (χ3n) is 11.0. The molecule has 3 aromatic rings. The number of phenols is 1. The molecule has 1 fully saturated rings. The number of aromatic hydroxyl groups is 1. The first-order chi connectivity index (χ1) is 25.4. The molecular weight excluding hydrogens is 678 g/mol. The number of nitrogens with zero attached hydrogens (tertiary/aromatic N) is 3. The average Bonchev–Trinajstić information content (AvgIpc) is 3.62. The van der Waals surface area contributed by atoms with Crippen molar-refractivity contribution in [3.05, 3.63) is 81.4 Å². The summed E-state index contributed by atoms with van der Waals surface area (Å²) in [5.41, 5.74) is 5.26. The molecule has 13 heteroatoms. The molecule has 0 saturated carbocycles. The van der Waals surface area contributed by atoms with Crippen LogP contribution in [0.1, 0.15) is 64.9 Å². The third-order valence-corrected chi connectivity index (χ3v) is 11.0. The molecule has 53 heavy (non-hydrogen) atoms. The standard InChI is InChI=1S/C40H43N5O8/c1-20-14-25-15-27-29(17-41)45-28(34(44(27)5)32(25)35(48)36(20)50-6)16-26-33(39-38(51-19-52-39)21(2)37(26)53-23(4)46)30(45)18-42-40(49)22(3)43-31(47)13-12-24-10-8-7-9-11-24/h7-14,22,27-30,34,48H,15-16,18-19H2,1-6H3,(H,42,49)(H,43,47)/b13-12+/t22-,27-,28?,29-,30-,34?/m0/s1. The SMILES string of the molecule is COc1c(C)cc2c(c1O)C1C3Cc4c(OC(C)=O)c(C)c5c(c4[C@H](CNC(=O)[C@H](C)NC(=O)/C=C/c4ccccc4)N3[C@@H](C#N)[C@H](C2)N1C)OCO5. The molecule has 7 rings (SSSR count). The van der Waals surface area contributed by atoms with Crippen LogP contribution in [0.4, 0.5) is 0 Å². The molecule has 4 aliphatic heterocycles. The van der Waals surface area contributed by atoms with Crippen LogP contribution in [0.2, 0.25) is 0 Å². The van der Waals surface area contributed by atoms with Gasteiger partial charge in [0.2, 0.25) is 18.6 Å². The van der Waals surface area contributed by atoms with Gasteiger partial charge in [-0.25, -0.2) is 0 Å². The lowest BCUT2D eigenvalue weighted by Crippen LogP contribution is -2.69. The number of aryl methyl sites for hydroxylation is 1. The molecule has 13 nitrogen and oxygen atoms in total. The topological polar surface area (TPSA) is 163 Å². The second-order valence-electron chi connectivity index (χ2n) is 14.1. The number of methoxy groups -OCH3 is 1. The number of ether oxygens (including phenoxy) is 4. The maximum absolute atomic E-state index is 13.7. The molecule has 0 aromatic heterocycles. The predicted molar refractivity (Wildman–Crippen MR) is 194 cm³/mol. The number of carbonyl (C=O) groups is 3. The Hall–Kier alpha value is -5.58. The van der Waals surface area contributed by atoms with Crippen LogP contribution in [-0.2, 0) is 27.2 Å². The van der Waals surface area contributed by atoms with Crippen LogP contribution < -0.4 is 29.6 Å². The number of benzene rings is 3. The number of carbonyl (C=O) groups excluding carboxylic acids is 3. The Bertz CT molecular complexity index is 2060. The van der Waals surface area contributed by atoms with E-state index in [1.807, 2.05) is 57.3 Å². The number of piperazine rings is 1. The highest BCUT2D eigenvalue weighted by molar-refractivity contribution is 5.95. The quantitative estimate of drug-likeness (QED) is 0.176. The van der Waals surface area contributed by atoms with Crippen molar-refractivity contribution in [2.45, 2.75) is 76.8 Å². The molecule has 6 atom stereocenters. The first-order valence-electron chi connectivity index (χ1n) is 17.7. The fraction of sp³-hybridized carbons (Fsp3) is 0.400. The summed E-state index contributed by atoms with van der Waals surface area (Å²) in [5, 5.41) is 28.4. The van der Waals surface area contributed by atoms with Gasteiger partial charge in [0.25, 0.3) is 0 Å². The van der Waals surface area contributed by atoms with E-state index in [9.17, 15) is 24.8 Å². The summed E-state index contributed by atoms with van der Waals surface area (Å²) in [7, 11) is 3.49. The number of rotatable bonds is 8. The average molecular weight is 722 g/mol. The molecule has 3 aromatic carbocycles. The Balaban J connectivity index is 1.30. The van der Waals surface area contributed by atoms with Crippen LogP contribution >= 0.6 is 0 Å². The van der Waals surface area contributed by atoms with Crippen molar-refractivity contribution >= 4 is 23.9 Å². The first-order valence-corrected chi connectivity index (χ1v) is 17.7. The molecule has 4 aliphatic rings. The van der Waals surface area contributed by atoms with Gasteiger partial charge >= 0.3 is 5.97 Å². The van der Waals surface area contributed by atoms with Gasteiger partial charge in [0.1, 0.15) is 17.8 Å². The van der Waals surface area contributed by atoms with Crippen molar-refractivity contribution in [2.24, 2.45) is 0 Å². The zero-order chi connectivity index (χ0) is 37.7. The predicted octanol–water partition coefficient (Wildman–Crippen LogP) is 3.78. The van der Waals surface area contributed by atoms with Crippen molar-refractivity contribution < 1.29 is 38.4 Å². The third kappa shape index (κ3) is 6.11. The number of hydrogen-bond donors (Lipinski definition) is 3. The fourth-order valence-corrected chi connectivity index (χ4v) is 8.72. The second kappa shape index (κ2) is 14.1. The zero-order valence-corrected chi connectivity index (χ0v) is 30.6. The Morgan fingerprint density at radius 2 is 1.83 bits per heavy atom. The van der Waals surface area contributed by atoms with Crippen LogP contribution in [0, 0.1) is 25.2 Å². The van der Waals surface area contributed by atoms with E-state index in [0.717, 1.165) is 22.3 Å². The number of hydrogen-bond acceptors (Lipinski definition) is 11. The van der Waals surface area contributed by atoms with Gasteiger partial charge in [-0.05, 0) is 63.4 Å². The van der Waals surface area contributed by atoms with E-state index < -0.39 is 48.0 Å². The molecule has 2 unspecified atom stereocenters. The number of likely N-dealkylation sites (N-methyl/N-ethyl adjacent to an activating group) is 1. The zero-order valence-electron chi connectivity index (χ0n) is 30.6.